The second kappa shape index (κ2) is 7.01. The van der Waals surface area contributed by atoms with Crippen LogP contribution in [0.4, 0.5) is 4.39 Å². The molecule has 1 aromatic carbocycles. The van der Waals surface area contributed by atoms with Gasteiger partial charge in [0.2, 0.25) is 0 Å². The van der Waals surface area contributed by atoms with Gasteiger partial charge in [0.15, 0.2) is 0 Å². The summed E-state index contributed by atoms with van der Waals surface area (Å²) in [7, 11) is 0. The summed E-state index contributed by atoms with van der Waals surface area (Å²) in [6.07, 6.45) is 3.63. The standard InChI is InChI=1S/C16H25FN2/c1-3-9-19(12-15-5-4-8-18-15)11-14-10-13(2)6-7-16(14)17/h6-7,10,15,18H,3-5,8-9,11-12H2,1-2H3. The molecule has 0 amide bonds. The third-order valence-corrected chi connectivity index (χ3v) is 3.78. The van der Waals surface area contributed by atoms with Gasteiger partial charge in [-0.25, -0.2) is 4.39 Å². The fourth-order valence-corrected chi connectivity index (χ4v) is 2.84. The van der Waals surface area contributed by atoms with E-state index in [2.05, 4.69) is 17.1 Å². The van der Waals surface area contributed by atoms with Crippen molar-refractivity contribution in [2.45, 2.75) is 45.7 Å². The van der Waals surface area contributed by atoms with Gasteiger partial charge in [-0.15, -0.1) is 0 Å². The minimum atomic E-state index is -0.0777. The number of rotatable bonds is 6. The van der Waals surface area contributed by atoms with Crippen LogP contribution in [-0.2, 0) is 6.54 Å². The summed E-state index contributed by atoms with van der Waals surface area (Å²) in [6.45, 7) is 8.11. The largest absolute Gasteiger partial charge is 0.313 e. The number of benzene rings is 1. The second-order valence-electron chi connectivity index (χ2n) is 5.62. The van der Waals surface area contributed by atoms with Crippen molar-refractivity contribution in [2.75, 3.05) is 19.6 Å². The predicted octanol–water partition coefficient (Wildman–Crippen LogP) is 3.10. The Hall–Kier alpha value is -0.930. The van der Waals surface area contributed by atoms with Crippen molar-refractivity contribution in [1.82, 2.24) is 10.2 Å². The minimum absolute atomic E-state index is 0.0777. The molecule has 0 radical (unpaired) electrons. The quantitative estimate of drug-likeness (QED) is 0.849. The van der Waals surface area contributed by atoms with Gasteiger partial charge in [0.05, 0.1) is 0 Å². The molecule has 1 unspecified atom stereocenters. The molecule has 1 aliphatic rings. The highest BCUT2D eigenvalue weighted by molar-refractivity contribution is 5.24. The zero-order chi connectivity index (χ0) is 13.7. The average molecular weight is 264 g/mol. The maximum atomic E-state index is 13.8. The maximum absolute atomic E-state index is 13.8. The first-order valence-corrected chi connectivity index (χ1v) is 7.40. The molecule has 0 saturated carbocycles. The van der Waals surface area contributed by atoms with E-state index in [1.165, 1.54) is 12.8 Å². The van der Waals surface area contributed by atoms with Crippen LogP contribution in [0.2, 0.25) is 0 Å². The van der Waals surface area contributed by atoms with Crippen LogP contribution in [0.15, 0.2) is 18.2 Å². The Kier molecular flexibility index (Phi) is 5.34. The molecule has 1 saturated heterocycles. The maximum Gasteiger partial charge on any atom is 0.127 e. The minimum Gasteiger partial charge on any atom is -0.313 e. The van der Waals surface area contributed by atoms with Crippen molar-refractivity contribution < 1.29 is 4.39 Å². The van der Waals surface area contributed by atoms with Crippen molar-refractivity contribution in [3.63, 3.8) is 0 Å². The lowest BCUT2D eigenvalue weighted by molar-refractivity contribution is 0.238. The van der Waals surface area contributed by atoms with Gasteiger partial charge < -0.3 is 5.32 Å². The van der Waals surface area contributed by atoms with Crippen LogP contribution in [0.3, 0.4) is 0 Å². The van der Waals surface area contributed by atoms with E-state index in [9.17, 15) is 4.39 Å². The SMILES string of the molecule is CCCN(Cc1cc(C)ccc1F)CC1CCCN1. The molecular formula is C16H25FN2. The summed E-state index contributed by atoms with van der Waals surface area (Å²) < 4.78 is 13.8. The topological polar surface area (TPSA) is 15.3 Å². The molecule has 0 spiro atoms. The van der Waals surface area contributed by atoms with E-state index in [0.29, 0.717) is 6.04 Å². The number of aryl methyl sites for hydroxylation is 1. The van der Waals surface area contributed by atoms with E-state index in [1.54, 1.807) is 6.07 Å². The van der Waals surface area contributed by atoms with Crippen LogP contribution >= 0.6 is 0 Å². The van der Waals surface area contributed by atoms with Gasteiger partial charge in [0.25, 0.3) is 0 Å². The Balaban J connectivity index is 2.00. The first kappa shape index (κ1) is 14.5. The first-order chi connectivity index (χ1) is 9.19. The summed E-state index contributed by atoms with van der Waals surface area (Å²) in [5.41, 5.74) is 1.96. The monoisotopic (exact) mass is 264 g/mol. The Morgan fingerprint density at radius 3 is 2.95 bits per heavy atom. The van der Waals surface area contributed by atoms with Crippen LogP contribution in [0.1, 0.15) is 37.3 Å². The molecule has 2 nitrogen and oxygen atoms in total. The predicted molar refractivity (Wildman–Crippen MR) is 77.7 cm³/mol. The molecular weight excluding hydrogens is 239 g/mol. The highest BCUT2D eigenvalue weighted by Gasteiger charge is 2.18. The van der Waals surface area contributed by atoms with Crippen molar-refractivity contribution in [3.8, 4) is 0 Å². The molecule has 0 aliphatic carbocycles. The van der Waals surface area contributed by atoms with Crippen molar-refractivity contribution in [3.05, 3.63) is 35.1 Å². The Labute approximate surface area is 116 Å². The summed E-state index contributed by atoms with van der Waals surface area (Å²) in [6, 6.07) is 5.98. The van der Waals surface area contributed by atoms with Crippen molar-refractivity contribution >= 4 is 0 Å². The van der Waals surface area contributed by atoms with Gasteiger partial charge in [-0.2, -0.15) is 0 Å². The third-order valence-electron chi connectivity index (χ3n) is 3.78. The Bertz CT molecular complexity index is 400. The number of halogens is 1. The van der Waals surface area contributed by atoms with Gasteiger partial charge in [-0.1, -0.05) is 24.6 Å². The zero-order valence-electron chi connectivity index (χ0n) is 12.1. The van der Waals surface area contributed by atoms with Crippen LogP contribution in [-0.4, -0.2) is 30.6 Å². The lowest BCUT2D eigenvalue weighted by Gasteiger charge is -2.25. The smallest absolute Gasteiger partial charge is 0.127 e. The highest BCUT2D eigenvalue weighted by Crippen LogP contribution is 2.15. The molecule has 0 aromatic heterocycles. The van der Waals surface area contributed by atoms with Crippen molar-refractivity contribution in [1.29, 1.82) is 0 Å². The Morgan fingerprint density at radius 1 is 1.42 bits per heavy atom. The molecule has 1 aliphatic heterocycles. The molecule has 1 N–H and O–H groups in total. The molecule has 2 rings (SSSR count). The lowest BCUT2D eigenvalue weighted by Crippen LogP contribution is -2.37. The van der Waals surface area contributed by atoms with Gasteiger partial charge in [-0.3, -0.25) is 4.90 Å². The van der Waals surface area contributed by atoms with Gasteiger partial charge in [-0.05, 0) is 45.3 Å². The second-order valence-corrected chi connectivity index (χ2v) is 5.62. The number of nitrogens with zero attached hydrogens (tertiary/aromatic N) is 1. The average Bonchev–Trinajstić information content (AvgIpc) is 2.87. The van der Waals surface area contributed by atoms with E-state index in [-0.39, 0.29) is 5.82 Å². The van der Waals surface area contributed by atoms with Crippen LogP contribution in [0, 0.1) is 12.7 Å². The van der Waals surface area contributed by atoms with Gasteiger partial charge in [0.1, 0.15) is 5.82 Å². The number of hydrogen-bond acceptors (Lipinski definition) is 2. The molecule has 0 bridgehead atoms. The van der Waals surface area contributed by atoms with E-state index < -0.39 is 0 Å². The van der Waals surface area contributed by atoms with Crippen LogP contribution < -0.4 is 5.32 Å². The molecule has 1 fully saturated rings. The first-order valence-electron chi connectivity index (χ1n) is 7.40. The number of nitrogens with one attached hydrogen (secondary N) is 1. The fraction of sp³-hybridized carbons (Fsp3) is 0.625. The highest BCUT2D eigenvalue weighted by atomic mass is 19.1. The van der Waals surface area contributed by atoms with Gasteiger partial charge >= 0.3 is 0 Å². The number of hydrogen-bond donors (Lipinski definition) is 1. The van der Waals surface area contributed by atoms with E-state index in [0.717, 1.165) is 43.7 Å². The van der Waals surface area contributed by atoms with E-state index in [4.69, 9.17) is 0 Å². The normalized spacial score (nSPS) is 19.3. The van der Waals surface area contributed by atoms with Crippen LogP contribution in [0.5, 0.6) is 0 Å². The molecule has 106 valence electrons. The van der Waals surface area contributed by atoms with E-state index in [1.807, 2.05) is 19.1 Å². The molecule has 3 heteroatoms. The van der Waals surface area contributed by atoms with Gasteiger partial charge in [0, 0.05) is 24.7 Å². The van der Waals surface area contributed by atoms with Crippen LogP contribution in [0.25, 0.3) is 0 Å². The fourth-order valence-electron chi connectivity index (χ4n) is 2.84. The zero-order valence-corrected chi connectivity index (χ0v) is 12.1. The lowest BCUT2D eigenvalue weighted by atomic mass is 10.1. The molecule has 1 atom stereocenters. The summed E-state index contributed by atoms with van der Waals surface area (Å²) in [5.74, 6) is -0.0777. The van der Waals surface area contributed by atoms with Crippen molar-refractivity contribution in [2.24, 2.45) is 0 Å². The van der Waals surface area contributed by atoms with E-state index >= 15 is 0 Å². The third kappa shape index (κ3) is 4.29. The molecule has 19 heavy (non-hydrogen) atoms. The Morgan fingerprint density at radius 2 is 2.26 bits per heavy atom. The summed E-state index contributed by atoms with van der Waals surface area (Å²) in [5, 5.41) is 3.52. The summed E-state index contributed by atoms with van der Waals surface area (Å²) in [4.78, 5) is 2.38. The summed E-state index contributed by atoms with van der Waals surface area (Å²) >= 11 is 0. The molecule has 1 heterocycles. The molecule has 1 aromatic rings.